The molecule has 2 heterocycles. The minimum absolute atomic E-state index is 0.0397. The van der Waals surface area contributed by atoms with Crippen molar-refractivity contribution in [1.29, 1.82) is 0 Å². The smallest absolute Gasteiger partial charge is 0.320 e. The lowest BCUT2D eigenvalue weighted by Gasteiger charge is -2.38. The molecule has 8 heteroatoms. The second-order valence-corrected chi connectivity index (χ2v) is 8.38. The lowest BCUT2D eigenvalue weighted by atomic mass is 9.99. The number of esters is 1. The molecule has 0 spiro atoms. The molecule has 2 N–H and O–H groups in total. The second-order valence-electron chi connectivity index (χ2n) is 8.38. The van der Waals surface area contributed by atoms with E-state index in [1.165, 1.54) is 6.33 Å². The number of carbonyl (C=O) groups excluding carboxylic acids is 1. The molecule has 1 aromatic heterocycles. The maximum atomic E-state index is 12.3. The number of rotatable bonds is 6. The molecule has 1 fully saturated rings. The van der Waals surface area contributed by atoms with Crippen LogP contribution in [0.2, 0.25) is 0 Å². The van der Waals surface area contributed by atoms with Crippen LogP contribution in [0.15, 0.2) is 24.5 Å². The maximum absolute atomic E-state index is 12.3. The molecular formula is C21H30N4O4. The van der Waals surface area contributed by atoms with Crippen molar-refractivity contribution in [3.63, 3.8) is 0 Å². The van der Waals surface area contributed by atoms with E-state index in [-0.39, 0.29) is 24.6 Å². The van der Waals surface area contributed by atoms with Gasteiger partial charge in [-0.3, -0.25) is 9.69 Å². The summed E-state index contributed by atoms with van der Waals surface area (Å²) < 4.78 is 16.8. The standard InChI is InChI=1S/C21H30N4O4/c1-21(2,3)29-19(26)11-25-10-14(22)5-6-15(25)12-28-20-17-9-16(27-4)7-8-18(17)23-13-24-20/h7-9,13-15H,5-6,10-12,22H2,1-4H3. The van der Waals surface area contributed by atoms with Crippen LogP contribution < -0.4 is 15.2 Å². The van der Waals surface area contributed by atoms with Gasteiger partial charge >= 0.3 is 5.97 Å². The van der Waals surface area contributed by atoms with Gasteiger partial charge in [0, 0.05) is 18.6 Å². The Hall–Kier alpha value is -2.45. The number of fused-ring (bicyclic) bond motifs is 1. The Morgan fingerprint density at radius 1 is 1.28 bits per heavy atom. The zero-order valence-corrected chi connectivity index (χ0v) is 17.6. The number of benzene rings is 1. The number of piperidine rings is 1. The van der Waals surface area contributed by atoms with Gasteiger partial charge in [0.25, 0.3) is 0 Å². The molecule has 158 valence electrons. The normalized spacial score (nSPS) is 20.4. The third kappa shape index (κ3) is 5.77. The van der Waals surface area contributed by atoms with E-state index >= 15 is 0 Å². The average molecular weight is 402 g/mol. The largest absolute Gasteiger partial charge is 0.497 e. The van der Waals surface area contributed by atoms with Crippen LogP contribution in [0.3, 0.4) is 0 Å². The summed E-state index contributed by atoms with van der Waals surface area (Å²) in [4.78, 5) is 22.9. The summed E-state index contributed by atoms with van der Waals surface area (Å²) in [6, 6.07) is 5.68. The molecule has 1 aliphatic heterocycles. The first kappa shape index (κ1) is 21.3. The zero-order valence-electron chi connectivity index (χ0n) is 17.6. The molecule has 0 aliphatic carbocycles. The van der Waals surface area contributed by atoms with E-state index < -0.39 is 5.60 Å². The third-order valence-corrected chi connectivity index (χ3v) is 4.83. The highest BCUT2D eigenvalue weighted by Crippen LogP contribution is 2.27. The van der Waals surface area contributed by atoms with E-state index in [0.717, 1.165) is 23.7 Å². The Bertz CT molecular complexity index is 852. The number of nitrogens with zero attached hydrogens (tertiary/aromatic N) is 3. The minimum atomic E-state index is -0.514. The van der Waals surface area contributed by atoms with Gasteiger partial charge in [0.05, 0.1) is 24.6 Å². The van der Waals surface area contributed by atoms with Gasteiger partial charge in [0.1, 0.15) is 24.3 Å². The van der Waals surface area contributed by atoms with Crippen LogP contribution in [0.25, 0.3) is 10.9 Å². The third-order valence-electron chi connectivity index (χ3n) is 4.83. The molecule has 8 nitrogen and oxygen atoms in total. The maximum Gasteiger partial charge on any atom is 0.320 e. The fourth-order valence-corrected chi connectivity index (χ4v) is 3.48. The SMILES string of the molecule is COc1ccc2ncnc(OCC3CCC(N)CN3CC(=O)OC(C)(C)C)c2c1. The summed E-state index contributed by atoms with van der Waals surface area (Å²) in [6.45, 7) is 6.81. The Morgan fingerprint density at radius 2 is 2.07 bits per heavy atom. The van der Waals surface area contributed by atoms with Crippen LogP contribution in [0, 0.1) is 0 Å². The molecular weight excluding hydrogens is 372 g/mol. The molecule has 2 aromatic rings. The molecule has 0 radical (unpaired) electrons. The van der Waals surface area contributed by atoms with Crippen LogP contribution in [0.4, 0.5) is 0 Å². The number of hydrogen-bond acceptors (Lipinski definition) is 8. The van der Waals surface area contributed by atoms with Gasteiger partial charge in [0.2, 0.25) is 5.88 Å². The predicted octanol–water partition coefficient (Wildman–Crippen LogP) is 2.15. The van der Waals surface area contributed by atoms with Gasteiger partial charge in [-0.2, -0.15) is 0 Å². The lowest BCUT2D eigenvalue weighted by Crippen LogP contribution is -2.53. The lowest BCUT2D eigenvalue weighted by molar-refractivity contribution is -0.157. The van der Waals surface area contributed by atoms with E-state index in [9.17, 15) is 4.79 Å². The van der Waals surface area contributed by atoms with Crippen molar-refractivity contribution in [3.8, 4) is 11.6 Å². The Balaban J connectivity index is 1.70. The summed E-state index contributed by atoms with van der Waals surface area (Å²) in [5, 5.41) is 0.790. The Labute approximate surface area is 171 Å². The van der Waals surface area contributed by atoms with Crippen molar-refractivity contribution < 1.29 is 19.0 Å². The number of aromatic nitrogens is 2. The average Bonchev–Trinajstić information content (AvgIpc) is 2.65. The molecule has 1 aromatic carbocycles. The van der Waals surface area contributed by atoms with E-state index in [1.54, 1.807) is 7.11 Å². The quantitative estimate of drug-likeness (QED) is 0.734. The van der Waals surface area contributed by atoms with Gasteiger partial charge < -0.3 is 19.9 Å². The summed E-state index contributed by atoms with van der Waals surface area (Å²) in [7, 11) is 1.62. The number of nitrogens with two attached hydrogens (primary N) is 1. The topological polar surface area (TPSA) is 99.8 Å². The van der Waals surface area contributed by atoms with Crippen LogP contribution >= 0.6 is 0 Å². The van der Waals surface area contributed by atoms with Gasteiger partial charge in [-0.25, -0.2) is 9.97 Å². The highest BCUT2D eigenvalue weighted by molar-refractivity contribution is 5.84. The summed E-state index contributed by atoms with van der Waals surface area (Å²) in [5.74, 6) is 0.960. The van der Waals surface area contributed by atoms with Gasteiger partial charge in [0.15, 0.2) is 0 Å². The zero-order chi connectivity index (χ0) is 21.0. The first-order chi connectivity index (χ1) is 13.7. The van der Waals surface area contributed by atoms with Crippen molar-refractivity contribution in [2.24, 2.45) is 5.73 Å². The van der Waals surface area contributed by atoms with Gasteiger partial charge in [-0.15, -0.1) is 0 Å². The Morgan fingerprint density at radius 3 is 2.79 bits per heavy atom. The van der Waals surface area contributed by atoms with Crippen molar-refractivity contribution in [2.45, 2.75) is 51.3 Å². The number of ether oxygens (including phenoxy) is 3. The number of carbonyl (C=O) groups is 1. The first-order valence-electron chi connectivity index (χ1n) is 9.88. The second kappa shape index (κ2) is 8.92. The summed E-state index contributed by atoms with van der Waals surface area (Å²) in [6.07, 6.45) is 3.22. The number of methoxy groups -OCH3 is 1. The monoisotopic (exact) mass is 402 g/mol. The molecule has 2 atom stereocenters. The summed E-state index contributed by atoms with van der Waals surface area (Å²) >= 11 is 0. The Kier molecular flexibility index (Phi) is 6.54. The van der Waals surface area contributed by atoms with Crippen molar-refractivity contribution in [1.82, 2.24) is 14.9 Å². The van der Waals surface area contributed by atoms with Crippen LogP contribution in [-0.2, 0) is 9.53 Å². The molecule has 0 saturated carbocycles. The van der Waals surface area contributed by atoms with Crippen LogP contribution in [0.1, 0.15) is 33.6 Å². The minimum Gasteiger partial charge on any atom is -0.497 e. The predicted molar refractivity (Wildman–Crippen MR) is 110 cm³/mol. The van der Waals surface area contributed by atoms with Crippen LogP contribution in [0.5, 0.6) is 11.6 Å². The first-order valence-corrected chi connectivity index (χ1v) is 9.88. The van der Waals surface area contributed by atoms with E-state index in [1.807, 2.05) is 43.9 Å². The van der Waals surface area contributed by atoms with Crippen LogP contribution in [-0.4, -0.2) is 65.3 Å². The fraction of sp³-hybridized carbons (Fsp3) is 0.571. The number of hydrogen-bond donors (Lipinski definition) is 1. The van der Waals surface area contributed by atoms with Crippen molar-refractivity contribution in [2.75, 3.05) is 26.8 Å². The molecule has 1 saturated heterocycles. The van der Waals surface area contributed by atoms with Gasteiger partial charge in [-0.05, 0) is 51.8 Å². The molecule has 29 heavy (non-hydrogen) atoms. The van der Waals surface area contributed by atoms with Crippen molar-refractivity contribution >= 4 is 16.9 Å². The molecule has 0 amide bonds. The highest BCUT2D eigenvalue weighted by atomic mass is 16.6. The molecule has 0 bridgehead atoms. The molecule has 2 unspecified atom stereocenters. The van der Waals surface area contributed by atoms with Gasteiger partial charge in [-0.1, -0.05) is 0 Å². The molecule has 3 rings (SSSR count). The van der Waals surface area contributed by atoms with E-state index in [0.29, 0.717) is 24.8 Å². The fourth-order valence-electron chi connectivity index (χ4n) is 3.48. The van der Waals surface area contributed by atoms with Crippen molar-refractivity contribution in [3.05, 3.63) is 24.5 Å². The highest BCUT2D eigenvalue weighted by Gasteiger charge is 2.30. The summed E-state index contributed by atoms with van der Waals surface area (Å²) in [5.41, 5.74) is 6.41. The molecule has 1 aliphatic rings. The van der Waals surface area contributed by atoms with E-state index in [4.69, 9.17) is 19.9 Å². The number of likely N-dealkylation sites (tertiary alicyclic amines) is 1. The van der Waals surface area contributed by atoms with E-state index in [2.05, 4.69) is 9.97 Å².